The number of benzene rings is 1. The van der Waals surface area contributed by atoms with Gasteiger partial charge in [-0.3, -0.25) is 0 Å². The standard InChI is InChI=1S/C11H11ClFN3O/c1-11(2,17)9-6-16(15-14-9)8-5-3-4-7(12)10(8)13/h3-6,17H,1-2H3. The summed E-state index contributed by atoms with van der Waals surface area (Å²) in [5.41, 5.74) is -0.565. The molecule has 0 aliphatic carbocycles. The van der Waals surface area contributed by atoms with Crippen molar-refractivity contribution in [3.8, 4) is 5.69 Å². The quantitative estimate of drug-likeness (QED) is 0.896. The van der Waals surface area contributed by atoms with Crippen molar-refractivity contribution in [3.63, 3.8) is 0 Å². The molecule has 2 aromatic rings. The van der Waals surface area contributed by atoms with Gasteiger partial charge in [-0.1, -0.05) is 22.9 Å². The number of hydrogen-bond donors (Lipinski definition) is 1. The van der Waals surface area contributed by atoms with Crippen LogP contribution in [0.1, 0.15) is 19.5 Å². The van der Waals surface area contributed by atoms with Crippen LogP contribution in [0.4, 0.5) is 4.39 Å². The molecule has 1 N–H and O–H groups in total. The van der Waals surface area contributed by atoms with Crippen LogP contribution in [0.25, 0.3) is 5.69 Å². The lowest BCUT2D eigenvalue weighted by Gasteiger charge is -2.11. The van der Waals surface area contributed by atoms with E-state index in [4.69, 9.17) is 11.6 Å². The topological polar surface area (TPSA) is 50.9 Å². The maximum absolute atomic E-state index is 13.7. The van der Waals surface area contributed by atoms with E-state index >= 15 is 0 Å². The summed E-state index contributed by atoms with van der Waals surface area (Å²) in [4.78, 5) is 0. The molecule has 0 aliphatic heterocycles. The van der Waals surface area contributed by atoms with Gasteiger partial charge in [-0.25, -0.2) is 9.07 Å². The zero-order chi connectivity index (χ0) is 12.6. The summed E-state index contributed by atoms with van der Waals surface area (Å²) in [6.07, 6.45) is 1.47. The van der Waals surface area contributed by atoms with Crippen LogP contribution in [0.5, 0.6) is 0 Å². The lowest BCUT2D eigenvalue weighted by Crippen LogP contribution is -2.15. The molecule has 4 nitrogen and oxygen atoms in total. The van der Waals surface area contributed by atoms with E-state index in [1.54, 1.807) is 19.9 Å². The summed E-state index contributed by atoms with van der Waals surface area (Å²) in [5, 5.41) is 17.3. The molecule has 0 unspecified atom stereocenters. The van der Waals surface area contributed by atoms with Gasteiger partial charge in [0, 0.05) is 0 Å². The van der Waals surface area contributed by atoms with Gasteiger partial charge in [0.1, 0.15) is 17.0 Å². The van der Waals surface area contributed by atoms with Crippen molar-refractivity contribution < 1.29 is 9.50 Å². The van der Waals surface area contributed by atoms with Crippen LogP contribution in [-0.2, 0) is 5.60 Å². The van der Waals surface area contributed by atoms with E-state index < -0.39 is 11.4 Å². The number of nitrogens with zero attached hydrogens (tertiary/aromatic N) is 3. The zero-order valence-corrected chi connectivity index (χ0v) is 10.1. The zero-order valence-electron chi connectivity index (χ0n) is 9.35. The summed E-state index contributed by atoms with van der Waals surface area (Å²) >= 11 is 5.67. The first-order chi connectivity index (χ1) is 7.89. The van der Waals surface area contributed by atoms with Crippen LogP contribution in [0.3, 0.4) is 0 Å². The van der Waals surface area contributed by atoms with Gasteiger partial charge in [-0.15, -0.1) is 5.10 Å². The number of aliphatic hydroxyl groups is 1. The second kappa shape index (κ2) is 4.09. The molecule has 0 spiro atoms. The van der Waals surface area contributed by atoms with E-state index in [9.17, 15) is 9.50 Å². The Balaban J connectivity index is 2.48. The van der Waals surface area contributed by atoms with Crippen LogP contribution in [0.2, 0.25) is 5.02 Å². The number of aromatic nitrogens is 3. The Morgan fingerprint density at radius 3 is 2.71 bits per heavy atom. The van der Waals surface area contributed by atoms with Crippen LogP contribution in [-0.4, -0.2) is 20.1 Å². The highest BCUT2D eigenvalue weighted by molar-refractivity contribution is 6.30. The van der Waals surface area contributed by atoms with E-state index in [1.165, 1.54) is 23.0 Å². The normalized spacial score (nSPS) is 11.8. The predicted molar refractivity (Wildman–Crippen MR) is 61.6 cm³/mol. The monoisotopic (exact) mass is 255 g/mol. The van der Waals surface area contributed by atoms with Crippen LogP contribution in [0.15, 0.2) is 24.4 Å². The number of hydrogen-bond acceptors (Lipinski definition) is 3. The van der Waals surface area contributed by atoms with Gasteiger partial charge < -0.3 is 5.11 Å². The molecule has 0 bridgehead atoms. The molecule has 0 saturated heterocycles. The van der Waals surface area contributed by atoms with E-state index in [0.717, 1.165) is 0 Å². The van der Waals surface area contributed by atoms with Crippen molar-refractivity contribution >= 4 is 11.6 Å². The molecule has 2 rings (SSSR count). The molecular formula is C11H11ClFN3O. The van der Waals surface area contributed by atoms with E-state index in [-0.39, 0.29) is 10.7 Å². The Morgan fingerprint density at radius 2 is 2.12 bits per heavy atom. The molecule has 1 aromatic carbocycles. The molecule has 6 heteroatoms. The average molecular weight is 256 g/mol. The minimum atomic E-state index is -1.12. The summed E-state index contributed by atoms with van der Waals surface area (Å²) in [5.74, 6) is -0.568. The van der Waals surface area contributed by atoms with Gasteiger partial charge in [0.2, 0.25) is 0 Å². The largest absolute Gasteiger partial charge is 0.384 e. The lowest BCUT2D eigenvalue weighted by molar-refractivity contribution is 0.0737. The molecule has 0 atom stereocenters. The highest BCUT2D eigenvalue weighted by Gasteiger charge is 2.21. The fraction of sp³-hybridized carbons (Fsp3) is 0.273. The van der Waals surface area contributed by atoms with Crippen molar-refractivity contribution in [2.75, 3.05) is 0 Å². The maximum Gasteiger partial charge on any atom is 0.167 e. The third kappa shape index (κ3) is 2.30. The van der Waals surface area contributed by atoms with Gasteiger partial charge in [-0.05, 0) is 26.0 Å². The molecule has 0 fully saturated rings. The fourth-order valence-electron chi connectivity index (χ4n) is 1.33. The first kappa shape index (κ1) is 12.0. The molecule has 17 heavy (non-hydrogen) atoms. The molecular weight excluding hydrogens is 245 g/mol. The molecule has 90 valence electrons. The summed E-state index contributed by atoms with van der Waals surface area (Å²) in [7, 11) is 0. The minimum Gasteiger partial charge on any atom is -0.384 e. The van der Waals surface area contributed by atoms with E-state index in [0.29, 0.717) is 5.69 Å². The van der Waals surface area contributed by atoms with Crippen LogP contribution < -0.4 is 0 Å². The number of rotatable bonds is 2. The second-order valence-corrected chi connectivity index (χ2v) is 4.59. The van der Waals surface area contributed by atoms with Crippen molar-refractivity contribution in [2.45, 2.75) is 19.4 Å². The molecule has 0 radical (unpaired) electrons. The summed E-state index contributed by atoms with van der Waals surface area (Å²) in [6, 6.07) is 4.60. The molecule has 0 amide bonds. The second-order valence-electron chi connectivity index (χ2n) is 4.18. The SMILES string of the molecule is CC(C)(O)c1cn(-c2cccc(Cl)c2F)nn1. The lowest BCUT2D eigenvalue weighted by atomic mass is 10.1. The first-order valence-electron chi connectivity index (χ1n) is 4.99. The first-order valence-corrected chi connectivity index (χ1v) is 5.37. The Morgan fingerprint density at radius 1 is 1.41 bits per heavy atom. The molecule has 0 aliphatic rings. The Labute approximate surface area is 103 Å². The average Bonchev–Trinajstić information content (AvgIpc) is 2.70. The summed E-state index contributed by atoms with van der Waals surface area (Å²) in [6.45, 7) is 3.16. The third-order valence-electron chi connectivity index (χ3n) is 2.30. The fourth-order valence-corrected chi connectivity index (χ4v) is 1.50. The van der Waals surface area contributed by atoms with Crippen molar-refractivity contribution in [1.29, 1.82) is 0 Å². The maximum atomic E-state index is 13.7. The van der Waals surface area contributed by atoms with Crippen LogP contribution in [0, 0.1) is 5.82 Å². The smallest absolute Gasteiger partial charge is 0.167 e. The molecule has 0 saturated carbocycles. The van der Waals surface area contributed by atoms with Crippen molar-refractivity contribution in [2.24, 2.45) is 0 Å². The predicted octanol–water partition coefficient (Wildman–Crippen LogP) is 2.29. The highest BCUT2D eigenvalue weighted by atomic mass is 35.5. The molecule has 1 aromatic heterocycles. The van der Waals surface area contributed by atoms with Crippen molar-refractivity contribution in [3.05, 3.63) is 40.9 Å². The summed E-state index contributed by atoms with van der Waals surface area (Å²) < 4.78 is 15.0. The highest BCUT2D eigenvalue weighted by Crippen LogP contribution is 2.22. The van der Waals surface area contributed by atoms with Crippen molar-refractivity contribution in [1.82, 2.24) is 15.0 Å². The molecule has 1 heterocycles. The Hall–Kier alpha value is -1.46. The Kier molecular flexibility index (Phi) is 2.89. The number of halogens is 2. The van der Waals surface area contributed by atoms with Gasteiger partial charge in [0.05, 0.1) is 11.2 Å². The van der Waals surface area contributed by atoms with Gasteiger partial charge in [0.15, 0.2) is 5.82 Å². The minimum absolute atomic E-state index is 0.0165. The third-order valence-corrected chi connectivity index (χ3v) is 2.59. The Bertz CT molecular complexity index is 548. The van der Waals surface area contributed by atoms with Crippen LogP contribution >= 0.6 is 11.6 Å². The van der Waals surface area contributed by atoms with Gasteiger partial charge in [-0.2, -0.15) is 0 Å². The van der Waals surface area contributed by atoms with Gasteiger partial charge in [0.25, 0.3) is 0 Å². The van der Waals surface area contributed by atoms with E-state index in [1.807, 2.05) is 0 Å². The van der Waals surface area contributed by atoms with E-state index in [2.05, 4.69) is 10.3 Å². The van der Waals surface area contributed by atoms with Gasteiger partial charge >= 0.3 is 0 Å².